The molecule has 0 atom stereocenters. The van der Waals surface area contributed by atoms with Gasteiger partial charge in [-0.3, -0.25) is 0 Å². The fourth-order valence-electron chi connectivity index (χ4n) is 1.38. The maximum absolute atomic E-state index is 13.0. The molecule has 0 bridgehead atoms. The Hall–Kier alpha value is -1.62. The standard InChI is InChI=1S/C13H18FNO3/c1-3-18-13(16)9-17-7-6-15-11-4-5-12(14)10(2)8-11/h4-5,8,15H,3,6-7,9H2,1-2H3. The minimum Gasteiger partial charge on any atom is -0.464 e. The maximum atomic E-state index is 13.0. The second-order valence-electron chi connectivity index (χ2n) is 3.75. The molecule has 100 valence electrons. The van der Waals surface area contributed by atoms with E-state index in [0.29, 0.717) is 25.3 Å². The number of anilines is 1. The van der Waals surface area contributed by atoms with Crippen molar-refractivity contribution in [3.8, 4) is 0 Å². The number of halogens is 1. The number of nitrogens with one attached hydrogen (secondary N) is 1. The number of carbonyl (C=O) groups is 1. The number of hydrogen-bond acceptors (Lipinski definition) is 4. The van der Waals surface area contributed by atoms with Crippen molar-refractivity contribution in [1.29, 1.82) is 0 Å². The summed E-state index contributed by atoms with van der Waals surface area (Å²) in [5, 5.41) is 3.07. The van der Waals surface area contributed by atoms with Gasteiger partial charge in [-0.25, -0.2) is 9.18 Å². The molecule has 1 aromatic carbocycles. The largest absolute Gasteiger partial charge is 0.464 e. The van der Waals surface area contributed by atoms with E-state index in [2.05, 4.69) is 5.32 Å². The van der Waals surface area contributed by atoms with Crippen LogP contribution in [0, 0.1) is 12.7 Å². The normalized spacial score (nSPS) is 10.2. The Morgan fingerprint density at radius 3 is 2.89 bits per heavy atom. The number of aryl methyl sites for hydroxylation is 1. The fraction of sp³-hybridized carbons (Fsp3) is 0.462. The van der Waals surface area contributed by atoms with Crippen molar-refractivity contribution < 1.29 is 18.7 Å². The Balaban J connectivity index is 2.18. The molecular formula is C13H18FNO3. The van der Waals surface area contributed by atoms with Gasteiger partial charge in [-0.2, -0.15) is 0 Å². The lowest BCUT2D eigenvalue weighted by atomic mass is 10.2. The van der Waals surface area contributed by atoms with Gasteiger partial charge in [-0.05, 0) is 37.6 Å². The molecule has 0 spiro atoms. The van der Waals surface area contributed by atoms with Gasteiger partial charge in [0.25, 0.3) is 0 Å². The number of carbonyl (C=O) groups excluding carboxylic acids is 1. The molecule has 0 aromatic heterocycles. The highest BCUT2D eigenvalue weighted by Gasteiger charge is 2.01. The molecule has 1 rings (SSSR count). The average Bonchev–Trinajstić information content (AvgIpc) is 2.33. The molecule has 0 saturated carbocycles. The van der Waals surface area contributed by atoms with Crippen molar-refractivity contribution in [2.75, 3.05) is 31.7 Å². The SMILES string of the molecule is CCOC(=O)COCCNc1ccc(F)c(C)c1. The lowest BCUT2D eigenvalue weighted by molar-refractivity contribution is -0.148. The van der Waals surface area contributed by atoms with E-state index in [4.69, 9.17) is 9.47 Å². The van der Waals surface area contributed by atoms with Gasteiger partial charge in [-0.1, -0.05) is 0 Å². The third-order valence-electron chi connectivity index (χ3n) is 2.26. The molecule has 0 amide bonds. The lowest BCUT2D eigenvalue weighted by Gasteiger charge is -2.08. The Morgan fingerprint density at radius 1 is 1.44 bits per heavy atom. The summed E-state index contributed by atoms with van der Waals surface area (Å²) in [6.07, 6.45) is 0. The zero-order valence-corrected chi connectivity index (χ0v) is 10.7. The number of rotatable bonds is 7. The molecule has 0 radical (unpaired) electrons. The van der Waals surface area contributed by atoms with Crippen molar-refractivity contribution in [2.45, 2.75) is 13.8 Å². The lowest BCUT2D eigenvalue weighted by Crippen LogP contribution is -2.16. The van der Waals surface area contributed by atoms with Crippen molar-refractivity contribution >= 4 is 11.7 Å². The molecule has 4 nitrogen and oxygen atoms in total. The monoisotopic (exact) mass is 255 g/mol. The molecule has 0 fully saturated rings. The predicted molar refractivity (Wildman–Crippen MR) is 67.1 cm³/mol. The van der Waals surface area contributed by atoms with Crippen LogP contribution in [0.1, 0.15) is 12.5 Å². The summed E-state index contributed by atoms with van der Waals surface area (Å²) < 4.78 is 22.8. The highest BCUT2D eigenvalue weighted by atomic mass is 19.1. The predicted octanol–water partition coefficient (Wildman–Crippen LogP) is 2.13. The third kappa shape index (κ3) is 5.14. The van der Waals surface area contributed by atoms with Gasteiger partial charge < -0.3 is 14.8 Å². The van der Waals surface area contributed by atoms with E-state index in [0.717, 1.165) is 5.69 Å². The quantitative estimate of drug-likeness (QED) is 0.599. The average molecular weight is 255 g/mol. The highest BCUT2D eigenvalue weighted by Crippen LogP contribution is 2.12. The first-order valence-corrected chi connectivity index (χ1v) is 5.87. The molecular weight excluding hydrogens is 237 g/mol. The van der Waals surface area contributed by atoms with Crippen LogP contribution >= 0.6 is 0 Å². The second-order valence-corrected chi connectivity index (χ2v) is 3.75. The van der Waals surface area contributed by atoms with Crippen molar-refractivity contribution in [3.63, 3.8) is 0 Å². The molecule has 0 aliphatic heterocycles. The molecule has 18 heavy (non-hydrogen) atoms. The molecule has 5 heteroatoms. The Morgan fingerprint density at radius 2 is 2.22 bits per heavy atom. The van der Waals surface area contributed by atoms with Crippen LogP contribution < -0.4 is 5.32 Å². The Labute approximate surface area is 106 Å². The van der Waals surface area contributed by atoms with Crippen LogP contribution in [0.5, 0.6) is 0 Å². The number of esters is 1. The van der Waals surface area contributed by atoms with E-state index in [9.17, 15) is 9.18 Å². The highest BCUT2D eigenvalue weighted by molar-refractivity contribution is 5.70. The molecule has 0 heterocycles. The van der Waals surface area contributed by atoms with Gasteiger partial charge >= 0.3 is 5.97 Å². The molecule has 0 aliphatic carbocycles. The topological polar surface area (TPSA) is 47.6 Å². The van der Waals surface area contributed by atoms with Gasteiger partial charge in [0.2, 0.25) is 0 Å². The van der Waals surface area contributed by atoms with Crippen molar-refractivity contribution in [3.05, 3.63) is 29.6 Å². The number of hydrogen-bond donors (Lipinski definition) is 1. The molecule has 0 unspecified atom stereocenters. The summed E-state index contributed by atoms with van der Waals surface area (Å²) in [6.45, 7) is 4.70. The van der Waals surface area contributed by atoms with E-state index in [1.807, 2.05) is 0 Å². The molecule has 1 aromatic rings. The van der Waals surface area contributed by atoms with Gasteiger partial charge in [0.15, 0.2) is 0 Å². The minimum absolute atomic E-state index is 0.0437. The summed E-state index contributed by atoms with van der Waals surface area (Å²) >= 11 is 0. The second kappa shape index (κ2) is 7.66. The van der Waals surface area contributed by atoms with E-state index < -0.39 is 0 Å². The first-order valence-electron chi connectivity index (χ1n) is 5.87. The Kier molecular flexibility index (Phi) is 6.14. The smallest absolute Gasteiger partial charge is 0.332 e. The van der Waals surface area contributed by atoms with Crippen LogP contribution in [0.3, 0.4) is 0 Å². The van der Waals surface area contributed by atoms with E-state index in [1.165, 1.54) is 6.07 Å². The zero-order valence-electron chi connectivity index (χ0n) is 10.7. The fourth-order valence-corrected chi connectivity index (χ4v) is 1.38. The summed E-state index contributed by atoms with van der Waals surface area (Å²) in [4.78, 5) is 10.9. The van der Waals surface area contributed by atoms with Gasteiger partial charge in [0, 0.05) is 12.2 Å². The van der Waals surface area contributed by atoms with Crippen molar-refractivity contribution in [1.82, 2.24) is 0 Å². The summed E-state index contributed by atoms with van der Waals surface area (Å²) in [7, 11) is 0. The van der Waals surface area contributed by atoms with Crippen molar-refractivity contribution in [2.24, 2.45) is 0 Å². The van der Waals surface area contributed by atoms with Crippen LogP contribution in [0.2, 0.25) is 0 Å². The number of benzene rings is 1. The third-order valence-corrected chi connectivity index (χ3v) is 2.26. The summed E-state index contributed by atoms with van der Waals surface area (Å²) in [5.74, 6) is -0.589. The first kappa shape index (κ1) is 14.4. The first-order chi connectivity index (χ1) is 8.63. The Bertz CT molecular complexity index is 396. The van der Waals surface area contributed by atoms with E-state index >= 15 is 0 Å². The summed E-state index contributed by atoms with van der Waals surface area (Å²) in [6, 6.07) is 4.80. The van der Waals surface area contributed by atoms with Crippen LogP contribution in [-0.4, -0.2) is 32.3 Å². The van der Waals surface area contributed by atoms with Gasteiger partial charge in [0.05, 0.1) is 13.2 Å². The van der Waals surface area contributed by atoms with Gasteiger partial charge in [0.1, 0.15) is 12.4 Å². The van der Waals surface area contributed by atoms with Crippen LogP contribution in [0.15, 0.2) is 18.2 Å². The van der Waals surface area contributed by atoms with Crippen LogP contribution in [0.25, 0.3) is 0 Å². The van der Waals surface area contributed by atoms with E-state index in [1.54, 1.807) is 26.0 Å². The maximum Gasteiger partial charge on any atom is 0.332 e. The van der Waals surface area contributed by atoms with E-state index in [-0.39, 0.29) is 18.4 Å². The number of ether oxygens (including phenoxy) is 2. The summed E-state index contributed by atoms with van der Waals surface area (Å²) in [5.41, 5.74) is 1.42. The van der Waals surface area contributed by atoms with Crippen LogP contribution in [-0.2, 0) is 14.3 Å². The minimum atomic E-state index is -0.366. The molecule has 0 saturated heterocycles. The molecule has 1 N–H and O–H groups in total. The van der Waals surface area contributed by atoms with Crippen LogP contribution in [0.4, 0.5) is 10.1 Å². The van der Waals surface area contributed by atoms with Gasteiger partial charge in [-0.15, -0.1) is 0 Å². The zero-order chi connectivity index (χ0) is 13.4. The molecule has 0 aliphatic rings.